The summed E-state index contributed by atoms with van der Waals surface area (Å²) in [5.41, 5.74) is 5.85. The summed E-state index contributed by atoms with van der Waals surface area (Å²) in [6.07, 6.45) is 2.60. The zero-order valence-electron chi connectivity index (χ0n) is 15.1. The highest BCUT2D eigenvalue weighted by atomic mass is 16.3. The molecule has 0 atom stereocenters. The van der Waals surface area contributed by atoms with E-state index in [0.29, 0.717) is 12.0 Å². The zero-order chi connectivity index (χ0) is 18.5. The maximum Gasteiger partial charge on any atom is 0.189 e. The lowest BCUT2D eigenvalue weighted by Crippen LogP contribution is -1.95. The first-order valence-electron chi connectivity index (χ1n) is 9.24. The Morgan fingerprint density at radius 2 is 1.81 bits per heavy atom. The molecular formula is C24H19NO2. The summed E-state index contributed by atoms with van der Waals surface area (Å²) < 4.78 is 2.32. The van der Waals surface area contributed by atoms with Gasteiger partial charge in [0.25, 0.3) is 0 Å². The molecule has 0 saturated heterocycles. The van der Waals surface area contributed by atoms with Gasteiger partial charge in [-0.05, 0) is 54.5 Å². The lowest BCUT2D eigenvalue weighted by Gasteiger charge is -2.03. The molecule has 0 fully saturated rings. The molecule has 0 radical (unpaired) electrons. The van der Waals surface area contributed by atoms with E-state index in [1.807, 2.05) is 12.1 Å². The number of fused-ring (bicyclic) bond motifs is 4. The lowest BCUT2D eigenvalue weighted by atomic mass is 10.0. The van der Waals surface area contributed by atoms with E-state index in [1.165, 1.54) is 21.8 Å². The summed E-state index contributed by atoms with van der Waals surface area (Å²) in [5, 5.41) is 12.1. The molecule has 0 aliphatic heterocycles. The Balaban J connectivity index is 1.64. The number of aromatic nitrogens is 1. The molecule has 0 bridgehead atoms. The van der Waals surface area contributed by atoms with Crippen molar-refractivity contribution in [3.63, 3.8) is 0 Å². The number of para-hydroxylation sites is 1. The van der Waals surface area contributed by atoms with Crippen LogP contribution < -0.4 is 0 Å². The van der Waals surface area contributed by atoms with E-state index in [2.05, 4.69) is 54.0 Å². The Bertz CT molecular complexity index is 1260. The maximum atomic E-state index is 12.7. The van der Waals surface area contributed by atoms with Crippen molar-refractivity contribution in [2.24, 2.45) is 0 Å². The van der Waals surface area contributed by atoms with Gasteiger partial charge in [0.1, 0.15) is 5.75 Å². The van der Waals surface area contributed by atoms with E-state index in [9.17, 15) is 9.90 Å². The lowest BCUT2D eigenvalue weighted by molar-refractivity contribution is 0.104. The predicted octanol–water partition coefficient (Wildman–Crippen LogP) is 5.34. The maximum absolute atomic E-state index is 12.7. The van der Waals surface area contributed by atoms with Crippen molar-refractivity contribution in [3.8, 4) is 5.75 Å². The van der Waals surface area contributed by atoms with E-state index >= 15 is 0 Å². The number of carbonyl (C=O) groups is 1. The van der Waals surface area contributed by atoms with Gasteiger partial charge in [-0.25, -0.2) is 0 Å². The zero-order valence-corrected chi connectivity index (χ0v) is 15.1. The second-order valence-corrected chi connectivity index (χ2v) is 7.05. The van der Waals surface area contributed by atoms with Gasteiger partial charge in [-0.1, -0.05) is 30.3 Å². The fourth-order valence-electron chi connectivity index (χ4n) is 4.21. The highest BCUT2D eigenvalue weighted by Gasteiger charge is 2.25. The van der Waals surface area contributed by atoms with Crippen LogP contribution in [0.4, 0.5) is 0 Å². The average molecular weight is 353 g/mol. The van der Waals surface area contributed by atoms with Crippen LogP contribution >= 0.6 is 0 Å². The van der Waals surface area contributed by atoms with Gasteiger partial charge in [0.05, 0.1) is 0 Å². The van der Waals surface area contributed by atoms with Crippen LogP contribution in [0, 0.1) is 0 Å². The van der Waals surface area contributed by atoms with Gasteiger partial charge in [-0.15, -0.1) is 0 Å². The molecule has 4 aromatic rings. The first-order chi connectivity index (χ1) is 13.2. The van der Waals surface area contributed by atoms with Crippen molar-refractivity contribution in [2.45, 2.75) is 19.9 Å². The highest BCUT2D eigenvalue weighted by molar-refractivity contribution is 6.16. The Morgan fingerprint density at radius 1 is 1.00 bits per heavy atom. The summed E-state index contributed by atoms with van der Waals surface area (Å²) in [6, 6.07) is 19.9. The van der Waals surface area contributed by atoms with Crippen molar-refractivity contribution in [1.82, 2.24) is 4.57 Å². The number of ketones is 1. The number of phenolic OH excluding ortho intramolecular Hbond substituents is 1. The molecule has 0 saturated carbocycles. The summed E-state index contributed by atoms with van der Waals surface area (Å²) in [4.78, 5) is 12.7. The quantitative estimate of drug-likeness (QED) is 0.494. The number of rotatable bonds is 2. The third-order valence-electron chi connectivity index (χ3n) is 5.46. The normalized spacial score (nSPS) is 15.1. The summed E-state index contributed by atoms with van der Waals surface area (Å²) in [7, 11) is 0. The SMILES string of the molecule is CCn1c2ccccc2c2cc(/C=C3\Cc4ccc(O)cc4C3=O)ccc21. The van der Waals surface area contributed by atoms with Crippen LogP contribution in [0.15, 0.2) is 66.2 Å². The van der Waals surface area contributed by atoms with Gasteiger partial charge >= 0.3 is 0 Å². The first-order valence-corrected chi connectivity index (χ1v) is 9.24. The fourth-order valence-corrected chi connectivity index (χ4v) is 4.21. The van der Waals surface area contributed by atoms with Crippen molar-refractivity contribution in [2.75, 3.05) is 0 Å². The smallest absolute Gasteiger partial charge is 0.189 e. The monoisotopic (exact) mass is 353 g/mol. The van der Waals surface area contributed by atoms with Crippen LogP contribution in [-0.2, 0) is 13.0 Å². The molecule has 3 aromatic carbocycles. The highest BCUT2D eigenvalue weighted by Crippen LogP contribution is 2.33. The molecule has 3 heteroatoms. The molecule has 1 aliphatic carbocycles. The molecule has 1 aromatic heterocycles. The first kappa shape index (κ1) is 15.9. The minimum Gasteiger partial charge on any atom is -0.508 e. The number of hydrogen-bond donors (Lipinski definition) is 1. The van der Waals surface area contributed by atoms with Crippen LogP contribution in [0.1, 0.15) is 28.4 Å². The molecule has 132 valence electrons. The van der Waals surface area contributed by atoms with Crippen LogP contribution in [0.5, 0.6) is 5.75 Å². The third-order valence-corrected chi connectivity index (χ3v) is 5.46. The molecule has 5 rings (SSSR count). The van der Waals surface area contributed by atoms with Gasteiger partial charge in [-0.2, -0.15) is 0 Å². The summed E-state index contributed by atoms with van der Waals surface area (Å²) in [6.45, 7) is 3.08. The van der Waals surface area contributed by atoms with E-state index in [0.717, 1.165) is 23.2 Å². The van der Waals surface area contributed by atoms with Gasteiger partial charge in [-0.3, -0.25) is 4.79 Å². The largest absolute Gasteiger partial charge is 0.508 e. The molecule has 1 N–H and O–H groups in total. The molecule has 1 heterocycles. The van der Waals surface area contributed by atoms with E-state index in [1.54, 1.807) is 12.1 Å². The second-order valence-electron chi connectivity index (χ2n) is 7.05. The van der Waals surface area contributed by atoms with Crippen LogP contribution in [0.2, 0.25) is 0 Å². The molecule has 0 spiro atoms. The van der Waals surface area contributed by atoms with Crippen LogP contribution in [0.25, 0.3) is 27.9 Å². The standard InChI is InChI=1S/C24H19NO2/c1-2-25-22-6-4-3-5-19(22)21-12-15(7-10-23(21)25)11-17-13-16-8-9-18(26)14-20(16)24(17)27/h3-12,14,26H,2,13H2,1H3/b17-11+. The number of Topliss-reactive ketones (excluding diaryl/α,β-unsaturated/α-hetero) is 1. The number of nitrogens with zero attached hydrogens (tertiary/aromatic N) is 1. The number of benzene rings is 3. The minimum absolute atomic E-state index is 0.0111. The molecule has 0 unspecified atom stereocenters. The Labute approximate surface area is 157 Å². The van der Waals surface area contributed by atoms with E-state index in [-0.39, 0.29) is 11.5 Å². The van der Waals surface area contributed by atoms with Gasteiger partial charge in [0, 0.05) is 45.9 Å². The van der Waals surface area contributed by atoms with Crippen molar-refractivity contribution < 1.29 is 9.90 Å². The fraction of sp³-hybridized carbons (Fsp3) is 0.125. The average Bonchev–Trinajstić information content (AvgIpc) is 3.16. The van der Waals surface area contributed by atoms with Crippen LogP contribution in [-0.4, -0.2) is 15.5 Å². The minimum atomic E-state index is 0.0111. The number of carbonyl (C=O) groups excluding carboxylic acids is 1. The topological polar surface area (TPSA) is 42.2 Å². The predicted molar refractivity (Wildman–Crippen MR) is 109 cm³/mol. The summed E-state index contributed by atoms with van der Waals surface area (Å²) >= 11 is 0. The van der Waals surface area contributed by atoms with Gasteiger partial charge in [0.2, 0.25) is 0 Å². The van der Waals surface area contributed by atoms with E-state index in [4.69, 9.17) is 0 Å². The molecule has 3 nitrogen and oxygen atoms in total. The van der Waals surface area contributed by atoms with Gasteiger partial charge in [0.15, 0.2) is 5.78 Å². The van der Waals surface area contributed by atoms with Crippen LogP contribution in [0.3, 0.4) is 0 Å². The van der Waals surface area contributed by atoms with Gasteiger partial charge < -0.3 is 9.67 Å². The van der Waals surface area contributed by atoms with Crippen molar-refractivity contribution in [1.29, 1.82) is 0 Å². The Hall–Kier alpha value is -3.33. The number of hydrogen-bond acceptors (Lipinski definition) is 2. The molecule has 1 aliphatic rings. The Kier molecular flexibility index (Phi) is 3.44. The van der Waals surface area contributed by atoms with E-state index < -0.39 is 0 Å². The molecular weight excluding hydrogens is 334 g/mol. The Morgan fingerprint density at radius 3 is 2.67 bits per heavy atom. The number of phenols is 1. The number of allylic oxidation sites excluding steroid dienone is 1. The third kappa shape index (κ3) is 2.39. The summed E-state index contributed by atoms with van der Waals surface area (Å²) in [5.74, 6) is 0.147. The van der Waals surface area contributed by atoms with Crippen molar-refractivity contribution >= 4 is 33.7 Å². The number of aryl methyl sites for hydroxylation is 1. The second kappa shape index (κ2) is 5.85. The molecule has 0 amide bonds. The number of aromatic hydroxyl groups is 1. The molecule has 27 heavy (non-hydrogen) atoms. The van der Waals surface area contributed by atoms with Crippen molar-refractivity contribution in [3.05, 3.63) is 82.9 Å².